The Morgan fingerprint density at radius 2 is 2.10 bits per heavy atom. The first-order valence-electron chi connectivity index (χ1n) is 7.01. The van der Waals surface area contributed by atoms with Gasteiger partial charge in [0.2, 0.25) is 0 Å². The number of fused-ring (bicyclic) bond motifs is 1. The van der Waals surface area contributed by atoms with Crippen molar-refractivity contribution in [1.29, 1.82) is 0 Å². The Balaban J connectivity index is 2.13. The Morgan fingerprint density at radius 1 is 1.38 bits per heavy atom. The first-order chi connectivity index (χ1) is 9.97. The topological polar surface area (TPSA) is 59.0 Å². The van der Waals surface area contributed by atoms with Crippen LogP contribution in [0.3, 0.4) is 0 Å². The van der Waals surface area contributed by atoms with Gasteiger partial charge < -0.3 is 14.6 Å². The van der Waals surface area contributed by atoms with Crippen LogP contribution in [-0.2, 0) is 11.3 Å². The molecule has 1 aliphatic rings. The highest BCUT2D eigenvalue weighted by molar-refractivity contribution is 6.32. The summed E-state index contributed by atoms with van der Waals surface area (Å²) in [5.74, 6) is 0.458. The zero-order valence-corrected chi connectivity index (χ0v) is 13.0. The summed E-state index contributed by atoms with van der Waals surface area (Å²) in [5, 5.41) is 9.36. The molecule has 0 aliphatic carbocycles. The fourth-order valence-corrected chi connectivity index (χ4v) is 2.54. The van der Waals surface area contributed by atoms with Gasteiger partial charge >= 0.3 is 5.97 Å². The predicted octanol–water partition coefficient (Wildman–Crippen LogP) is 2.80. The van der Waals surface area contributed by atoms with Gasteiger partial charge in [0.25, 0.3) is 0 Å². The number of hydrogen-bond acceptors (Lipinski definition) is 4. The molecule has 1 aliphatic heterocycles. The van der Waals surface area contributed by atoms with Gasteiger partial charge in [0, 0.05) is 19.1 Å². The van der Waals surface area contributed by atoms with Gasteiger partial charge in [0.05, 0.1) is 11.4 Å². The smallest absolute Gasteiger partial charge is 0.304 e. The summed E-state index contributed by atoms with van der Waals surface area (Å²) in [6.45, 7) is 6.23. The number of ether oxygens (including phenoxy) is 2. The van der Waals surface area contributed by atoms with E-state index in [0.29, 0.717) is 42.8 Å². The van der Waals surface area contributed by atoms with Gasteiger partial charge in [0.15, 0.2) is 11.5 Å². The van der Waals surface area contributed by atoms with Gasteiger partial charge in [0.1, 0.15) is 13.2 Å². The summed E-state index contributed by atoms with van der Waals surface area (Å²) in [6, 6.07) is 4.01. The Hall–Kier alpha value is -1.46. The predicted molar refractivity (Wildman–Crippen MR) is 80.2 cm³/mol. The lowest BCUT2D eigenvalue weighted by Gasteiger charge is -2.27. The zero-order valence-electron chi connectivity index (χ0n) is 12.3. The van der Waals surface area contributed by atoms with Crippen LogP contribution in [0.4, 0.5) is 0 Å². The van der Waals surface area contributed by atoms with Gasteiger partial charge in [-0.25, -0.2) is 0 Å². The molecule has 0 saturated heterocycles. The van der Waals surface area contributed by atoms with E-state index in [9.17, 15) is 4.79 Å². The maximum atomic E-state index is 10.7. The van der Waals surface area contributed by atoms with E-state index in [0.717, 1.165) is 5.56 Å². The molecule has 0 aromatic heterocycles. The van der Waals surface area contributed by atoms with E-state index in [4.69, 9.17) is 26.2 Å². The van der Waals surface area contributed by atoms with Crippen LogP contribution in [0, 0.1) is 0 Å². The zero-order chi connectivity index (χ0) is 15.4. The van der Waals surface area contributed by atoms with Crippen LogP contribution in [0.15, 0.2) is 12.1 Å². The molecule has 0 amide bonds. The van der Waals surface area contributed by atoms with E-state index >= 15 is 0 Å². The third-order valence-corrected chi connectivity index (χ3v) is 3.67. The second-order valence-electron chi connectivity index (χ2n) is 5.31. The standard InChI is InChI=1S/C15H20ClNO4/c1-10(2)17(4-3-14(18)19)9-11-7-12(16)15-13(8-11)20-5-6-21-15/h7-8,10H,3-6,9H2,1-2H3,(H,18,19). The molecule has 1 N–H and O–H groups in total. The van der Waals surface area contributed by atoms with Gasteiger partial charge in [-0.1, -0.05) is 11.6 Å². The van der Waals surface area contributed by atoms with Crippen LogP contribution >= 0.6 is 11.6 Å². The van der Waals surface area contributed by atoms with E-state index in [1.165, 1.54) is 0 Å². The first kappa shape index (κ1) is 15.9. The van der Waals surface area contributed by atoms with Gasteiger partial charge in [-0.3, -0.25) is 9.69 Å². The lowest BCUT2D eigenvalue weighted by atomic mass is 10.1. The van der Waals surface area contributed by atoms with Crippen molar-refractivity contribution in [3.05, 3.63) is 22.7 Å². The monoisotopic (exact) mass is 313 g/mol. The fraction of sp³-hybridized carbons (Fsp3) is 0.533. The highest BCUT2D eigenvalue weighted by Crippen LogP contribution is 2.38. The third kappa shape index (κ3) is 4.25. The summed E-state index contributed by atoms with van der Waals surface area (Å²) in [7, 11) is 0. The summed E-state index contributed by atoms with van der Waals surface area (Å²) in [6.07, 6.45) is 0.121. The van der Waals surface area contributed by atoms with Crippen molar-refractivity contribution in [2.45, 2.75) is 32.9 Å². The van der Waals surface area contributed by atoms with Crippen molar-refractivity contribution < 1.29 is 19.4 Å². The van der Waals surface area contributed by atoms with Crippen LogP contribution in [0.2, 0.25) is 5.02 Å². The molecule has 1 aromatic carbocycles. The number of carboxylic acid groups (broad SMARTS) is 1. The summed E-state index contributed by atoms with van der Waals surface area (Å²) < 4.78 is 11.1. The second kappa shape index (κ2) is 7.00. The molecular weight excluding hydrogens is 294 g/mol. The Morgan fingerprint density at radius 3 is 2.76 bits per heavy atom. The minimum absolute atomic E-state index is 0.121. The quantitative estimate of drug-likeness (QED) is 0.875. The van der Waals surface area contributed by atoms with Crippen molar-refractivity contribution >= 4 is 17.6 Å². The van der Waals surface area contributed by atoms with Crippen molar-refractivity contribution in [1.82, 2.24) is 4.90 Å². The number of carbonyl (C=O) groups is 1. The molecule has 2 rings (SSSR count). The summed E-state index contributed by atoms with van der Waals surface area (Å²) >= 11 is 6.22. The van der Waals surface area contributed by atoms with Gasteiger partial charge in [-0.05, 0) is 31.5 Å². The highest BCUT2D eigenvalue weighted by Gasteiger charge is 2.18. The van der Waals surface area contributed by atoms with Crippen LogP contribution in [0.1, 0.15) is 25.8 Å². The van der Waals surface area contributed by atoms with E-state index < -0.39 is 5.97 Å². The molecule has 6 heteroatoms. The normalized spacial score (nSPS) is 13.8. The van der Waals surface area contributed by atoms with E-state index in [2.05, 4.69) is 4.90 Å². The first-order valence-corrected chi connectivity index (χ1v) is 7.39. The molecule has 0 fully saturated rings. The minimum Gasteiger partial charge on any atom is -0.486 e. The number of hydrogen-bond donors (Lipinski definition) is 1. The molecule has 0 radical (unpaired) electrons. The number of benzene rings is 1. The van der Waals surface area contributed by atoms with E-state index in [1.54, 1.807) is 0 Å². The number of aliphatic carboxylic acids is 1. The molecule has 0 bridgehead atoms. The highest BCUT2D eigenvalue weighted by atomic mass is 35.5. The molecule has 0 unspecified atom stereocenters. The number of carboxylic acids is 1. The Labute approximate surface area is 129 Å². The van der Waals surface area contributed by atoms with Gasteiger partial charge in [-0.2, -0.15) is 0 Å². The fourth-order valence-electron chi connectivity index (χ4n) is 2.25. The Bertz CT molecular complexity index is 519. The summed E-state index contributed by atoms with van der Waals surface area (Å²) in [5.41, 5.74) is 0.989. The van der Waals surface area contributed by atoms with Crippen LogP contribution in [0.25, 0.3) is 0 Å². The molecule has 0 atom stereocenters. The summed E-state index contributed by atoms with van der Waals surface area (Å²) in [4.78, 5) is 12.8. The molecule has 21 heavy (non-hydrogen) atoms. The molecule has 1 aromatic rings. The third-order valence-electron chi connectivity index (χ3n) is 3.39. The molecule has 5 nitrogen and oxygen atoms in total. The van der Waals surface area contributed by atoms with Crippen LogP contribution < -0.4 is 9.47 Å². The van der Waals surface area contributed by atoms with Crippen molar-refractivity contribution in [2.24, 2.45) is 0 Å². The minimum atomic E-state index is -0.791. The molecule has 0 saturated carbocycles. The van der Waals surface area contributed by atoms with Gasteiger partial charge in [-0.15, -0.1) is 0 Å². The molecule has 0 spiro atoms. The average Bonchev–Trinajstić information content (AvgIpc) is 2.43. The molecular formula is C15H20ClNO4. The van der Waals surface area contributed by atoms with Crippen molar-refractivity contribution in [3.63, 3.8) is 0 Å². The Kier molecular flexibility index (Phi) is 5.31. The maximum Gasteiger partial charge on any atom is 0.304 e. The van der Waals surface area contributed by atoms with E-state index in [1.807, 2.05) is 26.0 Å². The molecule has 116 valence electrons. The lowest BCUT2D eigenvalue weighted by Crippen LogP contribution is -2.32. The number of halogens is 1. The number of nitrogens with zero attached hydrogens (tertiary/aromatic N) is 1. The van der Waals surface area contributed by atoms with E-state index in [-0.39, 0.29) is 12.5 Å². The number of rotatable bonds is 6. The van der Waals surface area contributed by atoms with Crippen LogP contribution in [0.5, 0.6) is 11.5 Å². The SMILES string of the molecule is CC(C)N(CCC(=O)O)Cc1cc(Cl)c2c(c1)OCCO2. The second-order valence-corrected chi connectivity index (χ2v) is 5.72. The van der Waals surface area contributed by atoms with Crippen LogP contribution in [-0.4, -0.2) is 41.8 Å². The lowest BCUT2D eigenvalue weighted by molar-refractivity contribution is -0.137. The average molecular weight is 314 g/mol. The van der Waals surface area contributed by atoms with Crippen molar-refractivity contribution in [2.75, 3.05) is 19.8 Å². The van der Waals surface area contributed by atoms with Crippen molar-refractivity contribution in [3.8, 4) is 11.5 Å². The largest absolute Gasteiger partial charge is 0.486 e. The molecule has 1 heterocycles. The maximum absolute atomic E-state index is 10.7.